The molecule has 5 heteroatoms. The van der Waals surface area contributed by atoms with Crippen LogP contribution >= 0.6 is 0 Å². The zero-order chi connectivity index (χ0) is 17.9. The molecular weight excluding hydrogens is 308 g/mol. The summed E-state index contributed by atoms with van der Waals surface area (Å²) in [5.41, 5.74) is 1.85. The second kappa shape index (κ2) is 7.08. The van der Waals surface area contributed by atoms with Crippen LogP contribution in [0.5, 0.6) is 0 Å². The van der Waals surface area contributed by atoms with Crippen molar-refractivity contribution < 1.29 is 24.6 Å². The molecule has 24 heavy (non-hydrogen) atoms. The minimum atomic E-state index is -1.01. The van der Waals surface area contributed by atoms with E-state index in [1.165, 1.54) is 24.3 Å². The van der Waals surface area contributed by atoms with Crippen molar-refractivity contribution in [3.8, 4) is 0 Å². The van der Waals surface area contributed by atoms with Crippen molar-refractivity contribution in [2.45, 2.75) is 25.7 Å². The molecule has 2 N–H and O–H groups in total. The van der Waals surface area contributed by atoms with Crippen molar-refractivity contribution in [2.75, 3.05) is 0 Å². The first-order chi connectivity index (χ1) is 11.3. The Labute approximate surface area is 139 Å². The van der Waals surface area contributed by atoms with Gasteiger partial charge in [-0.05, 0) is 35.4 Å². The molecule has 0 radical (unpaired) electrons. The average molecular weight is 326 g/mol. The van der Waals surface area contributed by atoms with Gasteiger partial charge in [0.15, 0.2) is 0 Å². The van der Waals surface area contributed by atoms with Gasteiger partial charge in [0, 0.05) is 11.8 Å². The number of carbonyl (C=O) groups is 3. The van der Waals surface area contributed by atoms with E-state index in [9.17, 15) is 14.4 Å². The highest BCUT2D eigenvalue weighted by atomic mass is 16.4. The number of ketones is 1. The van der Waals surface area contributed by atoms with Crippen molar-refractivity contribution >= 4 is 17.7 Å². The van der Waals surface area contributed by atoms with Crippen LogP contribution in [0.15, 0.2) is 48.5 Å². The van der Waals surface area contributed by atoms with Crippen molar-refractivity contribution in [3.63, 3.8) is 0 Å². The number of Topliss-reactive ketones (excluding diaryl/α,β-unsaturated/α-hetero) is 1. The number of carboxylic acids is 2. The molecule has 0 fully saturated rings. The molecule has 2 aromatic rings. The minimum absolute atomic E-state index is 0.0128. The largest absolute Gasteiger partial charge is 0.478 e. The molecule has 0 saturated heterocycles. The van der Waals surface area contributed by atoms with Crippen LogP contribution in [0.25, 0.3) is 0 Å². The van der Waals surface area contributed by atoms with Crippen molar-refractivity contribution in [1.29, 1.82) is 0 Å². The molecule has 0 amide bonds. The maximum absolute atomic E-state index is 12.6. The van der Waals surface area contributed by atoms with Gasteiger partial charge in [-0.1, -0.05) is 38.1 Å². The zero-order valence-corrected chi connectivity index (χ0v) is 13.4. The summed E-state index contributed by atoms with van der Waals surface area (Å²) in [7, 11) is 0. The molecule has 0 aromatic heterocycles. The van der Waals surface area contributed by atoms with Gasteiger partial charge >= 0.3 is 11.9 Å². The molecule has 0 aliphatic heterocycles. The Bertz CT molecular complexity index is 694. The lowest BCUT2D eigenvalue weighted by Crippen LogP contribution is -2.17. The van der Waals surface area contributed by atoms with E-state index in [-0.39, 0.29) is 28.7 Å². The first-order valence-corrected chi connectivity index (χ1v) is 7.51. The van der Waals surface area contributed by atoms with Crippen LogP contribution in [0.1, 0.15) is 57.5 Å². The van der Waals surface area contributed by atoms with E-state index in [1.807, 2.05) is 0 Å². The molecule has 0 heterocycles. The van der Waals surface area contributed by atoms with Gasteiger partial charge in [0.1, 0.15) is 5.78 Å². The fraction of sp³-hybridized carbons (Fsp3) is 0.211. The fourth-order valence-electron chi connectivity index (χ4n) is 2.53. The van der Waals surface area contributed by atoms with Gasteiger partial charge in [-0.3, -0.25) is 4.79 Å². The topological polar surface area (TPSA) is 91.7 Å². The zero-order valence-electron chi connectivity index (χ0n) is 13.4. The number of hydrogen-bond acceptors (Lipinski definition) is 3. The summed E-state index contributed by atoms with van der Waals surface area (Å²) >= 11 is 0. The van der Waals surface area contributed by atoms with Crippen LogP contribution in [-0.4, -0.2) is 27.9 Å². The first-order valence-electron chi connectivity index (χ1n) is 7.51. The van der Waals surface area contributed by atoms with Gasteiger partial charge < -0.3 is 10.2 Å². The van der Waals surface area contributed by atoms with E-state index < -0.39 is 11.9 Å². The summed E-state index contributed by atoms with van der Waals surface area (Å²) in [5.74, 6) is -2.80. The standard InChI is InChI=1S/C19H18O5/c1-11(13-3-7-15(8-4-13)18(21)22)17(20)12(2)14-5-9-16(10-6-14)19(23)24/h3-12H,1-2H3,(H,21,22)(H,23,24). The van der Waals surface area contributed by atoms with Gasteiger partial charge in [0.05, 0.1) is 11.1 Å². The Hall–Kier alpha value is -2.95. The van der Waals surface area contributed by atoms with Gasteiger partial charge in [-0.2, -0.15) is 0 Å². The predicted octanol–water partition coefficient (Wildman–Crippen LogP) is 3.56. The van der Waals surface area contributed by atoms with Crippen LogP contribution in [0, 0.1) is 0 Å². The smallest absolute Gasteiger partial charge is 0.335 e. The summed E-state index contributed by atoms with van der Waals surface area (Å²) in [5, 5.41) is 17.8. The van der Waals surface area contributed by atoms with E-state index in [0.717, 1.165) is 11.1 Å². The van der Waals surface area contributed by atoms with Crippen molar-refractivity contribution in [2.24, 2.45) is 0 Å². The lowest BCUT2D eigenvalue weighted by molar-refractivity contribution is -0.121. The second-order valence-corrected chi connectivity index (χ2v) is 5.70. The Kier molecular flexibility index (Phi) is 5.14. The Morgan fingerprint density at radius 3 is 1.21 bits per heavy atom. The average Bonchev–Trinajstić information content (AvgIpc) is 2.60. The normalized spacial score (nSPS) is 13.1. The summed E-state index contributed by atoms with van der Waals surface area (Å²) in [6, 6.07) is 12.5. The summed E-state index contributed by atoms with van der Waals surface area (Å²) in [4.78, 5) is 34.4. The Morgan fingerprint density at radius 1 is 0.667 bits per heavy atom. The highest BCUT2D eigenvalue weighted by molar-refractivity contribution is 5.92. The van der Waals surface area contributed by atoms with Crippen LogP contribution in [0.4, 0.5) is 0 Å². The molecule has 5 nitrogen and oxygen atoms in total. The molecule has 0 bridgehead atoms. The monoisotopic (exact) mass is 326 g/mol. The third-order valence-corrected chi connectivity index (χ3v) is 4.17. The SMILES string of the molecule is CC(C(=O)C(C)c1ccc(C(=O)O)cc1)c1ccc(C(=O)O)cc1. The maximum Gasteiger partial charge on any atom is 0.335 e. The van der Waals surface area contributed by atoms with Gasteiger partial charge in [0.2, 0.25) is 0 Å². The maximum atomic E-state index is 12.6. The van der Waals surface area contributed by atoms with E-state index in [4.69, 9.17) is 10.2 Å². The number of carboxylic acid groups (broad SMARTS) is 2. The Balaban J connectivity index is 2.16. The van der Waals surface area contributed by atoms with Crippen LogP contribution in [0.2, 0.25) is 0 Å². The van der Waals surface area contributed by atoms with Gasteiger partial charge in [-0.25, -0.2) is 9.59 Å². The minimum Gasteiger partial charge on any atom is -0.478 e. The fourth-order valence-corrected chi connectivity index (χ4v) is 2.53. The molecule has 0 aliphatic rings. The van der Waals surface area contributed by atoms with Crippen molar-refractivity contribution in [3.05, 3.63) is 70.8 Å². The van der Waals surface area contributed by atoms with Gasteiger partial charge in [-0.15, -0.1) is 0 Å². The van der Waals surface area contributed by atoms with Crippen LogP contribution in [0.3, 0.4) is 0 Å². The molecule has 2 rings (SSSR count). The van der Waals surface area contributed by atoms with E-state index in [2.05, 4.69) is 0 Å². The molecule has 2 atom stereocenters. The van der Waals surface area contributed by atoms with Crippen molar-refractivity contribution in [1.82, 2.24) is 0 Å². The second-order valence-electron chi connectivity index (χ2n) is 5.70. The van der Waals surface area contributed by atoms with E-state index in [1.54, 1.807) is 38.1 Å². The van der Waals surface area contributed by atoms with E-state index in [0.29, 0.717) is 0 Å². The molecule has 0 spiro atoms. The molecule has 0 aliphatic carbocycles. The van der Waals surface area contributed by atoms with E-state index >= 15 is 0 Å². The third-order valence-electron chi connectivity index (χ3n) is 4.17. The lowest BCUT2D eigenvalue weighted by Gasteiger charge is -2.17. The molecule has 124 valence electrons. The lowest BCUT2D eigenvalue weighted by atomic mass is 9.85. The number of rotatable bonds is 6. The number of aromatic carboxylic acids is 2. The first kappa shape index (κ1) is 17.4. The third kappa shape index (κ3) is 3.68. The van der Waals surface area contributed by atoms with Crippen LogP contribution < -0.4 is 0 Å². The number of benzene rings is 2. The summed E-state index contributed by atoms with van der Waals surface area (Å²) in [6.07, 6.45) is 0. The van der Waals surface area contributed by atoms with Crippen LogP contribution in [-0.2, 0) is 4.79 Å². The highest BCUT2D eigenvalue weighted by Gasteiger charge is 2.23. The summed E-state index contributed by atoms with van der Waals surface area (Å²) < 4.78 is 0. The molecule has 0 saturated carbocycles. The molecular formula is C19H18O5. The molecule has 2 aromatic carbocycles. The predicted molar refractivity (Wildman–Crippen MR) is 88.6 cm³/mol. The highest BCUT2D eigenvalue weighted by Crippen LogP contribution is 2.26. The number of hydrogen-bond donors (Lipinski definition) is 2. The quantitative estimate of drug-likeness (QED) is 0.847. The molecule has 2 unspecified atom stereocenters. The Morgan fingerprint density at radius 2 is 0.958 bits per heavy atom. The number of carbonyl (C=O) groups excluding carboxylic acids is 1. The summed E-state index contributed by atoms with van der Waals surface area (Å²) in [6.45, 7) is 3.56. The van der Waals surface area contributed by atoms with Gasteiger partial charge in [0.25, 0.3) is 0 Å².